The third kappa shape index (κ3) is 6.04. The Balaban J connectivity index is 1.83. The molecule has 0 spiro atoms. The molecule has 0 aliphatic carbocycles. The first-order chi connectivity index (χ1) is 12.5. The molecule has 2 aromatic carbocycles. The van der Waals surface area contributed by atoms with Crippen molar-refractivity contribution in [3.8, 4) is 0 Å². The van der Waals surface area contributed by atoms with Gasteiger partial charge in [-0.25, -0.2) is 5.43 Å². The minimum absolute atomic E-state index is 0.110. The van der Waals surface area contributed by atoms with Crippen LogP contribution in [0.1, 0.15) is 19.4 Å². The molecule has 138 valence electrons. The summed E-state index contributed by atoms with van der Waals surface area (Å²) < 4.78 is 0.801. The van der Waals surface area contributed by atoms with E-state index in [-0.39, 0.29) is 12.5 Å². The van der Waals surface area contributed by atoms with Crippen molar-refractivity contribution in [3.63, 3.8) is 0 Å². The Hall–Kier alpha value is -2.05. The van der Waals surface area contributed by atoms with Crippen molar-refractivity contribution in [1.82, 2.24) is 5.43 Å². The third-order valence-electron chi connectivity index (χ3n) is 3.80. The fraction of sp³-hybridized carbons (Fsp3) is 0.263. The molecule has 0 aromatic heterocycles. The number of hydrogen-bond donors (Lipinski definition) is 2. The van der Waals surface area contributed by atoms with Crippen molar-refractivity contribution in [1.29, 1.82) is 0 Å². The van der Waals surface area contributed by atoms with E-state index in [1.807, 2.05) is 12.1 Å². The van der Waals surface area contributed by atoms with Crippen LogP contribution in [0.4, 0.5) is 11.4 Å². The quantitative estimate of drug-likeness (QED) is 0.472. The molecule has 0 unspecified atom stereocenters. The fourth-order valence-electron chi connectivity index (χ4n) is 2.39. The first-order valence-electron chi connectivity index (χ1n) is 8.39. The zero-order chi connectivity index (χ0) is 18.9. The molecule has 26 heavy (non-hydrogen) atoms. The highest BCUT2D eigenvalue weighted by Crippen LogP contribution is 2.25. The minimum atomic E-state index is -0.233. The number of nitrogens with zero attached hydrogens (tertiary/aromatic N) is 2. The molecule has 0 bridgehead atoms. The van der Waals surface area contributed by atoms with Crippen LogP contribution in [0.15, 0.2) is 52.0 Å². The van der Waals surface area contributed by atoms with Gasteiger partial charge in [-0.15, -0.1) is 0 Å². The van der Waals surface area contributed by atoms with Crippen molar-refractivity contribution in [3.05, 3.63) is 57.5 Å². The molecule has 2 aromatic rings. The molecule has 0 heterocycles. The summed E-state index contributed by atoms with van der Waals surface area (Å²) in [5.74, 6) is -0.233. The number of hydrogen-bond acceptors (Lipinski definition) is 4. The molecule has 0 fully saturated rings. The van der Waals surface area contributed by atoms with Crippen LogP contribution in [-0.4, -0.2) is 31.8 Å². The summed E-state index contributed by atoms with van der Waals surface area (Å²) in [6.45, 7) is 6.31. The van der Waals surface area contributed by atoms with Crippen molar-refractivity contribution in [2.45, 2.75) is 13.8 Å². The van der Waals surface area contributed by atoms with Gasteiger partial charge in [0.2, 0.25) is 0 Å². The van der Waals surface area contributed by atoms with Gasteiger partial charge in [0.25, 0.3) is 5.91 Å². The number of carbonyl (C=O) groups excluding carboxylic acids is 1. The number of rotatable bonds is 8. The van der Waals surface area contributed by atoms with Crippen LogP contribution >= 0.6 is 27.5 Å². The summed E-state index contributed by atoms with van der Waals surface area (Å²) in [4.78, 5) is 14.1. The van der Waals surface area contributed by atoms with Crippen LogP contribution in [0.2, 0.25) is 5.02 Å². The predicted octanol–water partition coefficient (Wildman–Crippen LogP) is 4.51. The lowest BCUT2D eigenvalue weighted by molar-refractivity contribution is -0.119. The second kappa shape index (κ2) is 10.2. The van der Waals surface area contributed by atoms with Crippen molar-refractivity contribution in [2.75, 3.05) is 29.9 Å². The maximum atomic E-state index is 11.9. The van der Waals surface area contributed by atoms with Gasteiger partial charge in [-0.05, 0) is 65.7 Å². The zero-order valence-electron chi connectivity index (χ0n) is 14.8. The van der Waals surface area contributed by atoms with Gasteiger partial charge in [0.1, 0.15) is 0 Å². The van der Waals surface area contributed by atoms with E-state index < -0.39 is 0 Å². The second-order valence-electron chi connectivity index (χ2n) is 5.53. The van der Waals surface area contributed by atoms with Crippen LogP contribution in [0, 0.1) is 0 Å². The van der Waals surface area contributed by atoms with Crippen LogP contribution in [0.3, 0.4) is 0 Å². The van der Waals surface area contributed by atoms with Gasteiger partial charge in [-0.1, -0.05) is 23.7 Å². The van der Waals surface area contributed by atoms with E-state index in [4.69, 9.17) is 11.6 Å². The number of benzene rings is 2. The lowest BCUT2D eigenvalue weighted by atomic mass is 10.2. The SMILES string of the molecule is CCN(CC)c1ccc(C=NNC(=O)CNc2ccc(Cl)cc2Br)cc1. The molecule has 5 nitrogen and oxygen atoms in total. The average Bonchev–Trinajstić information content (AvgIpc) is 2.63. The molecule has 2 rings (SSSR count). The van der Waals surface area contributed by atoms with Crippen LogP contribution in [0.5, 0.6) is 0 Å². The number of hydrazone groups is 1. The molecule has 1 amide bonds. The minimum Gasteiger partial charge on any atom is -0.375 e. The summed E-state index contributed by atoms with van der Waals surface area (Å²) in [5, 5.41) is 7.65. The molecule has 0 aliphatic heterocycles. The summed E-state index contributed by atoms with van der Waals surface area (Å²) >= 11 is 9.29. The van der Waals surface area contributed by atoms with E-state index in [0.29, 0.717) is 5.02 Å². The van der Waals surface area contributed by atoms with Crippen molar-refractivity contribution in [2.24, 2.45) is 5.10 Å². The van der Waals surface area contributed by atoms with Crippen molar-refractivity contribution >= 4 is 51.0 Å². The van der Waals surface area contributed by atoms with Crippen molar-refractivity contribution < 1.29 is 4.79 Å². The van der Waals surface area contributed by atoms with E-state index in [0.717, 1.165) is 28.8 Å². The summed E-state index contributed by atoms with van der Waals surface area (Å²) in [5.41, 5.74) is 5.40. The molecular weight excluding hydrogens is 416 g/mol. The second-order valence-corrected chi connectivity index (χ2v) is 6.83. The van der Waals surface area contributed by atoms with Gasteiger partial charge in [-0.2, -0.15) is 5.10 Å². The van der Waals surface area contributed by atoms with Gasteiger partial charge in [0.15, 0.2) is 0 Å². The largest absolute Gasteiger partial charge is 0.375 e. The molecular formula is C19H22BrClN4O. The normalized spacial score (nSPS) is 10.8. The van der Waals surface area contributed by atoms with Crippen LogP contribution in [0.25, 0.3) is 0 Å². The summed E-state index contributed by atoms with van der Waals surface area (Å²) in [6.07, 6.45) is 1.63. The predicted molar refractivity (Wildman–Crippen MR) is 113 cm³/mol. The Morgan fingerprint density at radius 2 is 1.88 bits per heavy atom. The van der Waals surface area contributed by atoms with E-state index in [1.165, 1.54) is 5.69 Å². The zero-order valence-corrected chi connectivity index (χ0v) is 17.1. The monoisotopic (exact) mass is 436 g/mol. The maximum absolute atomic E-state index is 11.9. The Labute approximate surface area is 167 Å². The Kier molecular flexibility index (Phi) is 7.94. The van der Waals surface area contributed by atoms with Gasteiger partial charge >= 0.3 is 0 Å². The van der Waals surface area contributed by atoms with E-state index in [2.05, 4.69) is 62.7 Å². The van der Waals surface area contributed by atoms with Gasteiger partial charge in [0, 0.05) is 34.0 Å². The highest BCUT2D eigenvalue weighted by atomic mass is 79.9. The lowest BCUT2D eigenvalue weighted by Crippen LogP contribution is -2.26. The molecule has 0 saturated carbocycles. The fourth-order valence-corrected chi connectivity index (χ4v) is 3.21. The number of carbonyl (C=O) groups is 1. The van der Waals surface area contributed by atoms with Gasteiger partial charge in [0.05, 0.1) is 12.8 Å². The Bertz CT molecular complexity index is 761. The Morgan fingerprint density at radius 1 is 1.19 bits per heavy atom. The first-order valence-corrected chi connectivity index (χ1v) is 9.56. The molecule has 0 aliphatic rings. The van der Waals surface area contributed by atoms with Crippen LogP contribution < -0.4 is 15.6 Å². The van der Waals surface area contributed by atoms with Gasteiger partial charge in [-0.3, -0.25) is 4.79 Å². The highest BCUT2D eigenvalue weighted by molar-refractivity contribution is 9.10. The first kappa shape index (κ1) is 20.3. The smallest absolute Gasteiger partial charge is 0.259 e. The molecule has 0 atom stereocenters. The Morgan fingerprint density at radius 3 is 2.50 bits per heavy atom. The summed E-state index contributed by atoms with van der Waals surface area (Å²) in [6, 6.07) is 13.4. The average molecular weight is 438 g/mol. The number of amides is 1. The topological polar surface area (TPSA) is 56.7 Å². The molecule has 0 radical (unpaired) electrons. The van der Waals surface area contributed by atoms with E-state index >= 15 is 0 Å². The van der Waals surface area contributed by atoms with E-state index in [1.54, 1.807) is 24.4 Å². The number of halogens is 2. The summed E-state index contributed by atoms with van der Waals surface area (Å²) in [7, 11) is 0. The van der Waals surface area contributed by atoms with Gasteiger partial charge < -0.3 is 10.2 Å². The lowest BCUT2D eigenvalue weighted by Gasteiger charge is -2.20. The third-order valence-corrected chi connectivity index (χ3v) is 4.69. The molecule has 2 N–H and O–H groups in total. The van der Waals surface area contributed by atoms with E-state index in [9.17, 15) is 4.79 Å². The number of nitrogens with one attached hydrogen (secondary N) is 2. The van der Waals surface area contributed by atoms with Crippen LogP contribution in [-0.2, 0) is 4.79 Å². The highest BCUT2D eigenvalue weighted by Gasteiger charge is 2.04. The molecule has 7 heteroatoms. The maximum Gasteiger partial charge on any atom is 0.259 e. The molecule has 0 saturated heterocycles. The standard InChI is InChI=1S/C19H22BrClN4O/c1-3-25(4-2)16-8-5-14(6-9-16)12-23-24-19(26)13-22-18-10-7-15(21)11-17(18)20/h5-12,22H,3-4,13H2,1-2H3,(H,24,26). The number of anilines is 2.